The predicted molar refractivity (Wildman–Crippen MR) is 64.1 cm³/mol. The van der Waals surface area contributed by atoms with E-state index in [2.05, 4.69) is 0 Å². The normalized spacial score (nSPS) is 15.6. The fourth-order valence-electron chi connectivity index (χ4n) is 1.63. The lowest BCUT2D eigenvalue weighted by molar-refractivity contribution is -0.138. The first-order valence-corrected chi connectivity index (χ1v) is 5.89. The minimum atomic E-state index is -1.20. The van der Waals surface area contributed by atoms with Crippen LogP contribution >= 0.6 is 0 Å². The number of carboxylic acids is 1. The topological polar surface area (TPSA) is 96.3 Å². The van der Waals surface area contributed by atoms with Crippen LogP contribution in [-0.2, 0) is 11.2 Å². The largest absolute Gasteiger partial charge is 0.489 e. The van der Waals surface area contributed by atoms with Crippen LogP contribution in [0.4, 0.5) is 4.39 Å². The minimum Gasteiger partial charge on any atom is -0.489 e. The first-order chi connectivity index (χ1) is 9.01. The number of hydrogen-bond acceptors (Lipinski definition) is 4. The van der Waals surface area contributed by atoms with Gasteiger partial charge in [-0.3, -0.25) is 4.79 Å². The fraction of sp³-hybridized carbons (Fsp3) is 0.385. The predicted octanol–water partition coefficient (Wildman–Crippen LogP) is 1.19. The highest BCUT2D eigenvalue weighted by atomic mass is 19.1. The van der Waals surface area contributed by atoms with Gasteiger partial charge in [0.05, 0.1) is 11.7 Å². The van der Waals surface area contributed by atoms with Crippen molar-refractivity contribution in [1.82, 2.24) is 0 Å². The third-order valence-corrected chi connectivity index (χ3v) is 2.84. The molecule has 1 fully saturated rings. The standard InChI is InChI=1S/C13H13FN2O3/c14-10-3-8(6-15)12(19-9-1-2-9)5-7(10)4-11(16)13(17)18/h3,5,9,11H,1-2,4,16H2,(H,17,18)/t11-/m0/s1. The van der Waals surface area contributed by atoms with Crippen molar-refractivity contribution in [3.8, 4) is 11.8 Å². The molecule has 5 nitrogen and oxygen atoms in total. The molecule has 0 saturated heterocycles. The van der Waals surface area contributed by atoms with Crippen molar-refractivity contribution in [3.05, 3.63) is 29.1 Å². The first kappa shape index (κ1) is 13.3. The van der Waals surface area contributed by atoms with Crippen molar-refractivity contribution in [2.24, 2.45) is 5.73 Å². The lowest BCUT2D eigenvalue weighted by Gasteiger charge is -2.12. The Labute approximate surface area is 109 Å². The van der Waals surface area contributed by atoms with Gasteiger partial charge in [-0.25, -0.2) is 4.39 Å². The first-order valence-electron chi connectivity index (χ1n) is 5.89. The van der Waals surface area contributed by atoms with E-state index in [1.165, 1.54) is 6.07 Å². The maximum atomic E-state index is 13.7. The molecule has 0 aromatic heterocycles. The number of nitriles is 1. The van der Waals surface area contributed by atoms with E-state index < -0.39 is 17.8 Å². The van der Waals surface area contributed by atoms with Gasteiger partial charge in [-0.1, -0.05) is 0 Å². The average molecular weight is 264 g/mol. The molecule has 0 heterocycles. The molecule has 6 heteroatoms. The van der Waals surface area contributed by atoms with E-state index in [0.717, 1.165) is 18.9 Å². The summed E-state index contributed by atoms with van der Waals surface area (Å²) in [6.45, 7) is 0. The summed E-state index contributed by atoms with van der Waals surface area (Å²) in [7, 11) is 0. The summed E-state index contributed by atoms with van der Waals surface area (Å²) < 4.78 is 19.2. The molecule has 19 heavy (non-hydrogen) atoms. The second-order valence-corrected chi connectivity index (χ2v) is 4.52. The number of nitrogens with two attached hydrogens (primary N) is 1. The minimum absolute atomic E-state index is 0.0681. The van der Waals surface area contributed by atoms with Gasteiger partial charge in [0.15, 0.2) is 0 Å². The third-order valence-electron chi connectivity index (χ3n) is 2.84. The molecule has 1 aromatic carbocycles. The quantitative estimate of drug-likeness (QED) is 0.832. The number of nitrogens with zero attached hydrogens (tertiary/aromatic N) is 1. The molecule has 1 aliphatic rings. The number of carbonyl (C=O) groups is 1. The van der Waals surface area contributed by atoms with Gasteiger partial charge >= 0.3 is 5.97 Å². The second-order valence-electron chi connectivity index (χ2n) is 4.52. The smallest absolute Gasteiger partial charge is 0.320 e. The molecule has 2 rings (SSSR count). The van der Waals surface area contributed by atoms with E-state index in [9.17, 15) is 9.18 Å². The van der Waals surface area contributed by atoms with Crippen LogP contribution in [0.5, 0.6) is 5.75 Å². The molecule has 0 aliphatic heterocycles. The summed E-state index contributed by atoms with van der Waals surface area (Å²) >= 11 is 0. The number of rotatable bonds is 5. The van der Waals surface area contributed by atoms with E-state index in [0.29, 0.717) is 5.75 Å². The Morgan fingerprint density at radius 2 is 2.32 bits per heavy atom. The van der Waals surface area contributed by atoms with Crippen LogP contribution < -0.4 is 10.5 Å². The van der Waals surface area contributed by atoms with E-state index in [-0.39, 0.29) is 23.7 Å². The number of ether oxygens (including phenoxy) is 1. The van der Waals surface area contributed by atoms with Gasteiger partial charge in [0.25, 0.3) is 0 Å². The fourth-order valence-corrected chi connectivity index (χ4v) is 1.63. The van der Waals surface area contributed by atoms with Crippen LogP contribution in [0.2, 0.25) is 0 Å². The number of benzene rings is 1. The van der Waals surface area contributed by atoms with Crippen LogP contribution in [0.25, 0.3) is 0 Å². The van der Waals surface area contributed by atoms with Crippen LogP contribution in [0.3, 0.4) is 0 Å². The summed E-state index contributed by atoms with van der Waals surface area (Å²) in [5.41, 5.74) is 5.63. The SMILES string of the molecule is N#Cc1cc(F)c(C[C@H](N)C(=O)O)cc1OC1CC1. The second kappa shape index (κ2) is 5.24. The molecule has 0 amide bonds. The molecule has 0 unspecified atom stereocenters. The van der Waals surface area contributed by atoms with Crippen molar-refractivity contribution in [2.75, 3.05) is 0 Å². The van der Waals surface area contributed by atoms with E-state index >= 15 is 0 Å². The number of aliphatic carboxylic acids is 1. The Balaban J connectivity index is 2.27. The highest BCUT2D eigenvalue weighted by Gasteiger charge is 2.26. The van der Waals surface area contributed by atoms with Crippen molar-refractivity contribution >= 4 is 5.97 Å². The van der Waals surface area contributed by atoms with Crippen molar-refractivity contribution in [1.29, 1.82) is 5.26 Å². The number of carboxylic acid groups (broad SMARTS) is 1. The van der Waals surface area contributed by atoms with Gasteiger partial charge < -0.3 is 15.6 Å². The summed E-state index contributed by atoms with van der Waals surface area (Å²) in [5, 5.41) is 17.7. The molecular weight excluding hydrogens is 251 g/mol. The molecule has 1 aliphatic carbocycles. The van der Waals surface area contributed by atoms with Crippen molar-refractivity contribution < 1.29 is 19.0 Å². The Bertz CT molecular complexity index is 550. The Morgan fingerprint density at radius 1 is 1.63 bits per heavy atom. The van der Waals surface area contributed by atoms with E-state index in [4.69, 9.17) is 20.8 Å². The Morgan fingerprint density at radius 3 is 2.84 bits per heavy atom. The van der Waals surface area contributed by atoms with Crippen molar-refractivity contribution in [3.63, 3.8) is 0 Å². The van der Waals surface area contributed by atoms with Crippen LogP contribution in [0.15, 0.2) is 12.1 Å². The lowest BCUT2D eigenvalue weighted by Crippen LogP contribution is -2.32. The van der Waals surface area contributed by atoms with E-state index in [1.54, 1.807) is 0 Å². The zero-order valence-electron chi connectivity index (χ0n) is 10.1. The molecule has 3 N–H and O–H groups in total. The van der Waals surface area contributed by atoms with Gasteiger partial charge in [0.1, 0.15) is 23.7 Å². The lowest BCUT2D eigenvalue weighted by atomic mass is 10.0. The van der Waals surface area contributed by atoms with Crippen LogP contribution in [0.1, 0.15) is 24.0 Å². The maximum Gasteiger partial charge on any atom is 0.320 e. The van der Waals surface area contributed by atoms with Crippen LogP contribution in [-0.4, -0.2) is 23.2 Å². The molecule has 1 atom stereocenters. The molecular formula is C13H13FN2O3. The summed E-state index contributed by atoms with van der Waals surface area (Å²) in [4.78, 5) is 10.7. The van der Waals surface area contributed by atoms with Gasteiger partial charge in [-0.15, -0.1) is 0 Å². The van der Waals surface area contributed by atoms with Gasteiger partial charge in [-0.05, 0) is 30.5 Å². The zero-order valence-corrected chi connectivity index (χ0v) is 10.1. The number of halogens is 1. The third kappa shape index (κ3) is 3.20. The zero-order chi connectivity index (χ0) is 14.0. The molecule has 0 radical (unpaired) electrons. The van der Waals surface area contributed by atoms with Gasteiger partial charge in [0, 0.05) is 6.42 Å². The molecule has 1 saturated carbocycles. The summed E-state index contributed by atoms with van der Waals surface area (Å²) in [5.74, 6) is -1.55. The molecule has 0 bridgehead atoms. The van der Waals surface area contributed by atoms with Crippen molar-refractivity contribution in [2.45, 2.75) is 31.4 Å². The highest BCUT2D eigenvalue weighted by Crippen LogP contribution is 2.31. The van der Waals surface area contributed by atoms with Gasteiger partial charge in [0.2, 0.25) is 0 Å². The molecule has 0 spiro atoms. The van der Waals surface area contributed by atoms with Crippen LogP contribution in [0, 0.1) is 17.1 Å². The summed E-state index contributed by atoms with van der Waals surface area (Å²) in [6, 6.07) is 3.10. The molecule has 100 valence electrons. The summed E-state index contributed by atoms with van der Waals surface area (Å²) in [6.07, 6.45) is 1.74. The number of hydrogen-bond donors (Lipinski definition) is 2. The Kier molecular flexibility index (Phi) is 3.67. The highest BCUT2D eigenvalue weighted by molar-refractivity contribution is 5.73. The van der Waals surface area contributed by atoms with E-state index in [1.807, 2.05) is 6.07 Å². The Hall–Kier alpha value is -2.13. The maximum absolute atomic E-state index is 13.7. The monoisotopic (exact) mass is 264 g/mol. The average Bonchev–Trinajstić information content (AvgIpc) is 3.16. The molecule has 1 aromatic rings. The van der Waals surface area contributed by atoms with Gasteiger partial charge in [-0.2, -0.15) is 5.26 Å².